The van der Waals surface area contributed by atoms with Crippen LogP contribution in [0.2, 0.25) is 0 Å². The number of nitrogen functional groups attached to an aromatic ring is 2. The van der Waals surface area contributed by atoms with Crippen LogP contribution in [-0.4, -0.2) is 0 Å². The lowest BCUT2D eigenvalue weighted by Gasteiger charge is -2.10. The Bertz CT molecular complexity index is 1590. The zero-order valence-corrected chi connectivity index (χ0v) is 24.0. The van der Waals surface area contributed by atoms with Gasteiger partial charge in [0.05, 0.1) is 0 Å². The van der Waals surface area contributed by atoms with Crippen LogP contribution in [0.1, 0.15) is 11.1 Å². The summed E-state index contributed by atoms with van der Waals surface area (Å²) >= 11 is 0. The Kier molecular flexibility index (Phi) is 8.85. The third-order valence-electron chi connectivity index (χ3n) is 6.87. The van der Waals surface area contributed by atoms with Gasteiger partial charge in [0, 0.05) is 34.1 Å². The largest absolute Gasteiger partial charge is 0.399 e. The van der Waals surface area contributed by atoms with Crippen molar-refractivity contribution in [2.45, 2.75) is 13.8 Å². The van der Waals surface area contributed by atoms with Crippen LogP contribution in [-0.2, 0) is 0 Å². The highest BCUT2D eigenvalue weighted by Crippen LogP contribution is 2.26. The minimum Gasteiger partial charge on any atom is -0.399 e. The SMILES string of the molecule is Cc1cccc(Nc2ccc(-c3ccc(Nc4cccc(C)c4)cc3)cc2)c1.Nc1ccc(-c2ccc(N)cc2)cc1. The quantitative estimate of drug-likeness (QED) is 0.156. The van der Waals surface area contributed by atoms with Crippen molar-refractivity contribution in [3.63, 3.8) is 0 Å². The lowest BCUT2D eigenvalue weighted by molar-refractivity contribution is 1.45. The highest BCUT2D eigenvalue weighted by molar-refractivity contribution is 5.71. The molecule has 0 unspecified atom stereocenters. The number of anilines is 6. The molecule has 0 heterocycles. The molecule has 208 valence electrons. The number of aryl methyl sites for hydroxylation is 2. The summed E-state index contributed by atoms with van der Waals surface area (Å²) in [6.07, 6.45) is 0. The van der Waals surface area contributed by atoms with E-state index in [0.717, 1.165) is 45.3 Å². The molecule has 0 aliphatic carbocycles. The van der Waals surface area contributed by atoms with Crippen molar-refractivity contribution in [1.29, 1.82) is 0 Å². The van der Waals surface area contributed by atoms with Crippen molar-refractivity contribution in [2.75, 3.05) is 22.1 Å². The van der Waals surface area contributed by atoms with Crippen LogP contribution in [0.5, 0.6) is 0 Å². The standard InChI is InChI=1S/C26H24N2.C12H12N2/c1-19-5-3-7-25(17-19)27-23-13-9-21(10-14-23)22-11-15-24(16-12-22)28-26-8-4-6-20(2)18-26;13-11-5-1-9(2-6-11)10-3-7-12(14)8-4-10/h3-18,27-28H,1-2H3;1-8H,13-14H2. The Hall–Kier alpha value is -5.48. The molecule has 0 amide bonds. The summed E-state index contributed by atoms with van der Waals surface area (Å²) in [4.78, 5) is 0. The Morgan fingerprint density at radius 3 is 0.976 bits per heavy atom. The molecule has 6 aromatic carbocycles. The van der Waals surface area contributed by atoms with Gasteiger partial charge in [0.15, 0.2) is 0 Å². The monoisotopic (exact) mass is 548 g/mol. The first-order chi connectivity index (χ1) is 20.4. The molecule has 0 radical (unpaired) electrons. The molecule has 4 heteroatoms. The van der Waals surface area contributed by atoms with E-state index in [-0.39, 0.29) is 0 Å². The molecule has 0 bridgehead atoms. The van der Waals surface area contributed by atoms with E-state index in [1.165, 1.54) is 22.3 Å². The van der Waals surface area contributed by atoms with Gasteiger partial charge >= 0.3 is 0 Å². The van der Waals surface area contributed by atoms with Crippen LogP contribution in [0, 0.1) is 13.8 Å². The van der Waals surface area contributed by atoms with E-state index < -0.39 is 0 Å². The minimum atomic E-state index is 0.782. The molecule has 0 spiro atoms. The molecule has 0 aliphatic rings. The van der Waals surface area contributed by atoms with Gasteiger partial charge in [-0.3, -0.25) is 0 Å². The zero-order chi connectivity index (χ0) is 29.3. The van der Waals surface area contributed by atoms with E-state index >= 15 is 0 Å². The lowest BCUT2D eigenvalue weighted by atomic mass is 10.0. The molecule has 4 nitrogen and oxygen atoms in total. The fourth-order valence-corrected chi connectivity index (χ4v) is 4.62. The van der Waals surface area contributed by atoms with E-state index in [9.17, 15) is 0 Å². The Morgan fingerprint density at radius 2 is 0.667 bits per heavy atom. The van der Waals surface area contributed by atoms with Gasteiger partial charge in [0.25, 0.3) is 0 Å². The third kappa shape index (κ3) is 7.80. The van der Waals surface area contributed by atoms with Crippen molar-refractivity contribution >= 4 is 34.1 Å². The van der Waals surface area contributed by atoms with Crippen LogP contribution in [0.4, 0.5) is 34.1 Å². The molecule has 0 aromatic heterocycles. The zero-order valence-electron chi connectivity index (χ0n) is 24.0. The maximum atomic E-state index is 5.61. The number of hydrogen-bond acceptors (Lipinski definition) is 4. The van der Waals surface area contributed by atoms with E-state index in [4.69, 9.17) is 11.5 Å². The van der Waals surface area contributed by atoms with Gasteiger partial charge in [-0.1, -0.05) is 72.8 Å². The summed E-state index contributed by atoms with van der Waals surface area (Å²) < 4.78 is 0. The summed E-state index contributed by atoms with van der Waals surface area (Å²) in [5, 5.41) is 6.91. The summed E-state index contributed by atoms with van der Waals surface area (Å²) in [5.74, 6) is 0. The molecule has 6 N–H and O–H groups in total. The van der Waals surface area contributed by atoms with Crippen LogP contribution in [0.25, 0.3) is 22.3 Å². The summed E-state index contributed by atoms with van der Waals surface area (Å²) in [5.41, 5.74) is 24.4. The molecule has 0 fully saturated rings. The van der Waals surface area contributed by atoms with Crippen molar-refractivity contribution in [3.05, 3.63) is 157 Å². The van der Waals surface area contributed by atoms with E-state index in [1.807, 2.05) is 48.5 Å². The molecule has 42 heavy (non-hydrogen) atoms. The molecule has 0 saturated heterocycles. The summed E-state index contributed by atoms with van der Waals surface area (Å²) in [7, 11) is 0. The smallest absolute Gasteiger partial charge is 0.0386 e. The molecule has 6 aromatic rings. The molecule has 0 aliphatic heterocycles. The highest BCUT2D eigenvalue weighted by Gasteiger charge is 2.01. The predicted molar refractivity (Wildman–Crippen MR) is 182 cm³/mol. The van der Waals surface area contributed by atoms with E-state index in [2.05, 4.69) is 122 Å². The second-order valence-electron chi connectivity index (χ2n) is 10.4. The van der Waals surface area contributed by atoms with Gasteiger partial charge in [-0.25, -0.2) is 0 Å². The Balaban J connectivity index is 0.000000211. The predicted octanol–water partition coefficient (Wildman–Crippen LogP) is 9.98. The minimum absolute atomic E-state index is 0.782. The first kappa shape index (κ1) is 28.1. The number of benzene rings is 6. The van der Waals surface area contributed by atoms with Crippen LogP contribution >= 0.6 is 0 Å². The number of hydrogen-bond donors (Lipinski definition) is 4. The average molecular weight is 549 g/mol. The van der Waals surface area contributed by atoms with E-state index in [1.54, 1.807) is 0 Å². The van der Waals surface area contributed by atoms with Crippen molar-refractivity contribution in [3.8, 4) is 22.3 Å². The van der Waals surface area contributed by atoms with Crippen molar-refractivity contribution < 1.29 is 0 Å². The number of nitrogens with two attached hydrogens (primary N) is 2. The van der Waals surface area contributed by atoms with Gasteiger partial charge in [0.2, 0.25) is 0 Å². The van der Waals surface area contributed by atoms with Gasteiger partial charge in [0.1, 0.15) is 0 Å². The molecule has 0 saturated carbocycles. The maximum absolute atomic E-state index is 5.61. The van der Waals surface area contributed by atoms with Crippen molar-refractivity contribution in [1.82, 2.24) is 0 Å². The van der Waals surface area contributed by atoms with Crippen LogP contribution in [0.3, 0.4) is 0 Å². The maximum Gasteiger partial charge on any atom is 0.0386 e. The van der Waals surface area contributed by atoms with Gasteiger partial charge in [-0.15, -0.1) is 0 Å². The molecule has 6 rings (SSSR count). The fraction of sp³-hybridized carbons (Fsp3) is 0.0526. The first-order valence-corrected chi connectivity index (χ1v) is 14.0. The highest BCUT2D eigenvalue weighted by atomic mass is 14.9. The second-order valence-corrected chi connectivity index (χ2v) is 10.4. The normalized spacial score (nSPS) is 10.3. The fourth-order valence-electron chi connectivity index (χ4n) is 4.62. The van der Waals surface area contributed by atoms with Crippen molar-refractivity contribution in [2.24, 2.45) is 0 Å². The molecular weight excluding hydrogens is 512 g/mol. The lowest BCUT2D eigenvalue weighted by Crippen LogP contribution is -1.91. The van der Waals surface area contributed by atoms with Gasteiger partial charge in [-0.2, -0.15) is 0 Å². The Morgan fingerprint density at radius 1 is 0.357 bits per heavy atom. The van der Waals surface area contributed by atoms with E-state index in [0.29, 0.717) is 0 Å². The summed E-state index contributed by atoms with van der Waals surface area (Å²) in [6.45, 7) is 4.21. The second kappa shape index (κ2) is 13.2. The number of nitrogens with one attached hydrogen (secondary N) is 2. The third-order valence-corrected chi connectivity index (χ3v) is 6.87. The van der Waals surface area contributed by atoms with Gasteiger partial charge < -0.3 is 22.1 Å². The Labute approximate surface area is 248 Å². The topological polar surface area (TPSA) is 76.1 Å². The first-order valence-electron chi connectivity index (χ1n) is 14.0. The van der Waals surface area contributed by atoms with Gasteiger partial charge in [-0.05, 0) is 120 Å². The van der Waals surface area contributed by atoms with Crippen LogP contribution in [0.15, 0.2) is 146 Å². The van der Waals surface area contributed by atoms with Crippen LogP contribution < -0.4 is 22.1 Å². The summed E-state index contributed by atoms with van der Waals surface area (Å²) in [6, 6.07) is 49.5. The average Bonchev–Trinajstić information content (AvgIpc) is 2.99. The molecule has 0 atom stereocenters. The number of rotatable bonds is 6. The molecular formula is C38H36N4.